The van der Waals surface area contributed by atoms with Gasteiger partial charge in [0.25, 0.3) is 0 Å². The average Bonchev–Trinajstić information content (AvgIpc) is 3.38. The lowest BCUT2D eigenvalue weighted by Crippen LogP contribution is -2.38. The van der Waals surface area contributed by atoms with Crippen LogP contribution < -0.4 is 15.5 Å². The minimum atomic E-state index is 0.0393. The van der Waals surface area contributed by atoms with Crippen LogP contribution in [-0.4, -0.2) is 50.3 Å². The molecule has 6 heteroatoms. The summed E-state index contributed by atoms with van der Waals surface area (Å²) in [6.07, 6.45) is 4.40. The first-order chi connectivity index (χ1) is 10.8. The Morgan fingerprint density at radius 3 is 2.95 bits per heavy atom. The van der Waals surface area contributed by atoms with E-state index in [2.05, 4.69) is 20.5 Å². The summed E-state index contributed by atoms with van der Waals surface area (Å²) in [5.41, 5.74) is 1.06. The second-order valence-electron chi connectivity index (χ2n) is 5.94. The summed E-state index contributed by atoms with van der Waals surface area (Å²) < 4.78 is 5.38. The van der Waals surface area contributed by atoms with E-state index in [0.717, 1.165) is 50.1 Å². The van der Waals surface area contributed by atoms with Crippen LogP contribution in [0.15, 0.2) is 18.3 Å². The molecule has 1 amide bonds. The summed E-state index contributed by atoms with van der Waals surface area (Å²) in [7, 11) is 0. The van der Waals surface area contributed by atoms with E-state index in [-0.39, 0.29) is 5.91 Å². The third kappa shape index (κ3) is 4.42. The second kappa shape index (κ2) is 7.56. The van der Waals surface area contributed by atoms with Crippen LogP contribution >= 0.6 is 0 Å². The summed E-state index contributed by atoms with van der Waals surface area (Å²) in [5, 5.41) is 6.18. The number of anilines is 1. The summed E-state index contributed by atoms with van der Waals surface area (Å²) in [5.74, 6) is 1.79. The van der Waals surface area contributed by atoms with Crippen LogP contribution in [0, 0.1) is 5.92 Å². The maximum Gasteiger partial charge on any atom is 0.234 e. The topological polar surface area (TPSA) is 66.5 Å². The maximum atomic E-state index is 11.9. The fourth-order valence-electron chi connectivity index (χ4n) is 2.60. The number of carbonyl (C=O) groups excluding carboxylic acids is 1. The summed E-state index contributed by atoms with van der Waals surface area (Å²) in [6.45, 7) is 5.02. The van der Waals surface area contributed by atoms with Crippen molar-refractivity contribution in [3.8, 4) is 0 Å². The van der Waals surface area contributed by atoms with E-state index >= 15 is 0 Å². The van der Waals surface area contributed by atoms with Crippen molar-refractivity contribution in [1.82, 2.24) is 15.6 Å². The molecule has 1 aromatic heterocycles. The third-order valence-corrected chi connectivity index (χ3v) is 4.07. The quantitative estimate of drug-likeness (QED) is 0.769. The molecule has 120 valence electrons. The Kier molecular flexibility index (Phi) is 5.24. The fraction of sp³-hybridized carbons (Fsp3) is 0.625. The van der Waals surface area contributed by atoms with Crippen LogP contribution in [-0.2, 0) is 16.1 Å². The summed E-state index contributed by atoms with van der Waals surface area (Å²) >= 11 is 0. The first kappa shape index (κ1) is 15.2. The number of nitrogens with one attached hydrogen (secondary N) is 2. The summed E-state index contributed by atoms with van der Waals surface area (Å²) in [6, 6.07) is 3.94. The minimum absolute atomic E-state index is 0.0393. The summed E-state index contributed by atoms with van der Waals surface area (Å²) in [4.78, 5) is 18.6. The molecular formula is C16H24N4O2. The zero-order chi connectivity index (χ0) is 15.2. The lowest BCUT2D eigenvalue weighted by molar-refractivity contribution is -0.120. The number of amides is 1. The van der Waals surface area contributed by atoms with Gasteiger partial charge in [-0.2, -0.15) is 0 Å². The number of aromatic nitrogens is 1. The lowest BCUT2D eigenvalue weighted by Gasteiger charge is -2.29. The predicted octanol–water partition coefficient (Wildman–Crippen LogP) is 0.534. The Balaban J connectivity index is 1.49. The molecule has 1 aliphatic heterocycles. The first-order valence-electron chi connectivity index (χ1n) is 8.07. The minimum Gasteiger partial charge on any atom is -0.378 e. The molecule has 0 unspecified atom stereocenters. The second-order valence-corrected chi connectivity index (χ2v) is 5.94. The van der Waals surface area contributed by atoms with Crippen molar-refractivity contribution < 1.29 is 9.53 Å². The van der Waals surface area contributed by atoms with Gasteiger partial charge in [0.05, 0.1) is 19.8 Å². The van der Waals surface area contributed by atoms with Gasteiger partial charge in [0.1, 0.15) is 5.82 Å². The van der Waals surface area contributed by atoms with Gasteiger partial charge >= 0.3 is 0 Å². The Hall–Kier alpha value is -1.66. The van der Waals surface area contributed by atoms with Crippen molar-refractivity contribution in [1.29, 1.82) is 0 Å². The SMILES string of the molecule is O=C(CNCC1CC1)NCc1cccnc1N1CCOCC1. The van der Waals surface area contributed by atoms with E-state index < -0.39 is 0 Å². The number of rotatable bonds is 7. The Bertz CT molecular complexity index is 499. The Morgan fingerprint density at radius 2 is 2.18 bits per heavy atom. The lowest BCUT2D eigenvalue weighted by atomic mass is 10.2. The number of carbonyl (C=O) groups is 1. The van der Waals surface area contributed by atoms with Crippen LogP contribution in [0.3, 0.4) is 0 Å². The van der Waals surface area contributed by atoms with Crippen LogP contribution in [0.1, 0.15) is 18.4 Å². The molecule has 2 heterocycles. The zero-order valence-corrected chi connectivity index (χ0v) is 12.9. The largest absolute Gasteiger partial charge is 0.378 e. The molecule has 22 heavy (non-hydrogen) atoms. The van der Waals surface area contributed by atoms with Crippen molar-refractivity contribution >= 4 is 11.7 Å². The van der Waals surface area contributed by atoms with Gasteiger partial charge < -0.3 is 20.3 Å². The molecule has 1 saturated carbocycles. The molecule has 0 spiro atoms. The highest BCUT2D eigenvalue weighted by Crippen LogP contribution is 2.27. The number of pyridine rings is 1. The number of nitrogens with zero attached hydrogens (tertiary/aromatic N) is 2. The number of hydrogen-bond donors (Lipinski definition) is 2. The first-order valence-corrected chi connectivity index (χ1v) is 8.07. The molecule has 0 radical (unpaired) electrons. The smallest absolute Gasteiger partial charge is 0.234 e. The molecule has 1 saturated heterocycles. The molecular weight excluding hydrogens is 280 g/mol. The monoisotopic (exact) mass is 304 g/mol. The number of morpholine rings is 1. The van der Waals surface area contributed by atoms with Crippen LogP contribution in [0.4, 0.5) is 5.82 Å². The average molecular weight is 304 g/mol. The van der Waals surface area contributed by atoms with Crippen molar-refractivity contribution in [2.75, 3.05) is 44.3 Å². The highest BCUT2D eigenvalue weighted by molar-refractivity contribution is 5.78. The van der Waals surface area contributed by atoms with Gasteiger partial charge in [-0.15, -0.1) is 0 Å². The van der Waals surface area contributed by atoms with Crippen LogP contribution in [0.5, 0.6) is 0 Å². The molecule has 2 fully saturated rings. The predicted molar refractivity (Wildman–Crippen MR) is 84.7 cm³/mol. The molecule has 3 rings (SSSR count). The molecule has 2 N–H and O–H groups in total. The molecule has 1 aliphatic carbocycles. The maximum absolute atomic E-state index is 11.9. The van der Waals surface area contributed by atoms with Crippen LogP contribution in [0.2, 0.25) is 0 Å². The van der Waals surface area contributed by atoms with Gasteiger partial charge in [-0.25, -0.2) is 4.98 Å². The van der Waals surface area contributed by atoms with Gasteiger partial charge in [0, 0.05) is 31.4 Å². The highest BCUT2D eigenvalue weighted by atomic mass is 16.5. The van der Waals surface area contributed by atoms with E-state index in [0.29, 0.717) is 13.1 Å². The standard InChI is InChI=1S/C16H24N4O2/c21-15(12-17-10-13-3-4-13)19-11-14-2-1-5-18-16(14)20-6-8-22-9-7-20/h1-2,5,13,17H,3-4,6-12H2,(H,19,21). The molecule has 1 aromatic rings. The van der Waals surface area contributed by atoms with Crippen molar-refractivity contribution in [2.45, 2.75) is 19.4 Å². The van der Waals surface area contributed by atoms with Gasteiger partial charge in [-0.3, -0.25) is 4.79 Å². The van der Waals surface area contributed by atoms with Gasteiger partial charge in [-0.1, -0.05) is 6.07 Å². The Morgan fingerprint density at radius 1 is 1.36 bits per heavy atom. The third-order valence-electron chi connectivity index (χ3n) is 4.07. The highest BCUT2D eigenvalue weighted by Gasteiger charge is 2.20. The number of ether oxygens (including phenoxy) is 1. The van der Waals surface area contributed by atoms with Crippen LogP contribution in [0.25, 0.3) is 0 Å². The molecule has 2 aliphatic rings. The van der Waals surface area contributed by atoms with Gasteiger partial charge in [0.2, 0.25) is 5.91 Å². The molecule has 6 nitrogen and oxygen atoms in total. The van der Waals surface area contributed by atoms with Crippen molar-refractivity contribution in [3.05, 3.63) is 23.9 Å². The number of hydrogen-bond acceptors (Lipinski definition) is 5. The van der Waals surface area contributed by atoms with E-state index in [9.17, 15) is 4.79 Å². The molecule has 0 atom stereocenters. The zero-order valence-electron chi connectivity index (χ0n) is 12.9. The molecule has 0 bridgehead atoms. The Labute approximate surface area is 131 Å². The normalized spacial score (nSPS) is 18.3. The van der Waals surface area contributed by atoms with E-state index in [1.54, 1.807) is 6.20 Å². The van der Waals surface area contributed by atoms with Crippen molar-refractivity contribution in [3.63, 3.8) is 0 Å². The molecule has 0 aromatic carbocycles. The van der Waals surface area contributed by atoms with E-state index in [1.807, 2.05) is 12.1 Å². The van der Waals surface area contributed by atoms with E-state index in [4.69, 9.17) is 4.74 Å². The van der Waals surface area contributed by atoms with Gasteiger partial charge in [0.15, 0.2) is 0 Å². The van der Waals surface area contributed by atoms with Crippen molar-refractivity contribution in [2.24, 2.45) is 5.92 Å². The van der Waals surface area contributed by atoms with Gasteiger partial charge in [-0.05, 0) is 31.4 Å². The fourth-order valence-corrected chi connectivity index (χ4v) is 2.60. The van der Waals surface area contributed by atoms with E-state index in [1.165, 1.54) is 12.8 Å².